The standard InChI is InChI=1S/C25H29N3O5S/c1-18-6-10-21(11-7-18)28-24(29)17-33-25-20(4-3-5-23(25)32-2)16-27-15-14-19-8-12-22(13-9-19)34(26,30)31/h3-13,27H,14-17H2,1-2H3,(H,28,29)(H2,26,30,31). The van der Waals surface area contributed by atoms with Gasteiger partial charge in [-0.15, -0.1) is 0 Å². The van der Waals surface area contributed by atoms with E-state index >= 15 is 0 Å². The summed E-state index contributed by atoms with van der Waals surface area (Å²) in [6.07, 6.45) is 0.698. The summed E-state index contributed by atoms with van der Waals surface area (Å²) in [6, 6.07) is 19.6. The zero-order chi connectivity index (χ0) is 24.6. The Bertz CT molecular complexity index is 1210. The molecule has 0 spiro atoms. The lowest BCUT2D eigenvalue weighted by Gasteiger charge is -2.15. The lowest BCUT2D eigenvalue weighted by Crippen LogP contribution is -2.22. The van der Waals surface area contributed by atoms with Crippen LogP contribution in [0.2, 0.25) is 0 Å². The molecule has 0 unspecified atom stereocenters. The Hall–Kier alpha value is -3.40. The van der Waals surface area contributed by atoms with Gasteiger partial charge in [0.05, 0.1) is 12.0 Å². The van der Waals surface area contributed by atoms with Crippen LogP contribution in [0.15, 0.2) is 71.6 Å². The molecule has 0 saturated heterocycles. The molecular formula is C25H29N3O5S. The Morgan fingerprint density at radius 3 is 2.35 bits per heavy atom. The number of amides is 1. The number of sulfonamides is 1. The SMILES string of the molecule is COc1cccc(CNCCc2ccc(S(N)(=O)=O)cc2)c1OCC(=O)Nc1ccc(C)cc1. The second-order valence-electron chi connectivity index (χ2n) is 7.77. The summed E-state index contributed by atoms with van der Waals surface area (Å²) >= 11 is 0. The molecule has 0 saturated carbocycles. The van der Waals surface area contributed by atoms with Gasteiger partial charge in [-0.05, 0) is 55.8 Å². The number of aryl methyl sites for hydroxylation is 1. The molecule has 1 amide bonds. The van der Waals surface area contributed by atoms with Crippen molar-refractivity contribution < 1.29 is 22.7 Å². The molecule has 3 aromatic carbocycles. The summed E-state index contributed by atoms with van der Waals surface area (Å²) < 4.78 is 34.0. The number of nitrogens with two attached hydrogens (primary N) is 1. The fourth-order valence-corrected chi connectivity index (χ4v) is 3.81. The molecule has 0 atom stereocenters. The van der Waals surface area contributed by atoms with Gasteiger partial charge in [-0.1, -0.05) is 42.0 Å². The van der Waals surface area contributed by atoms with Crippen molar-refractivity contribution >= 4 is 21.6 Å². The molecule has 4 N–H and O–H groups in total. The van der Waals surface area contributed by atoms with E-state index in [2.05, 4.69) is 10.6 Å². The van der Waals surface area contributed by atoms with E-state index in [4.69, 9.17) is 14.6 Å². The predicted molar refractivity (Wildman–Crippen MR) is 132 cm³/mol. The van der Waals surface area contributed by atoms with Gasteiger partial charge in [0.2, 0.25) is 10.0 Å². The van der Waals surface area contributed by atoms with E-state index in [1.54, 1.807) is 25.3 Å². The summed E-state index contributed by atoms with van der Waals surface area (Å²) in [4.78, 5) is 12.4. The quantitative estimate of drug-likeness (QED) is 0.361. The van der Waals surface area contributed by atoms with Crippen LogP contribution in [-0.4, -0.2) is 34.6 Å². The van der Waals surface area contributed by atoms with Crippen LogP contribution in [0.4, 0.5) is 5.69 Å². The van der Waals surface area contributed by atoms with Crippen LogP contribution in [0.1, 0.15) is 16.7 Å². The van der Waals surface area contributed by atoms with Crippen LogP contribution >= 0.6 is 0 Å². The number of hydrogen-bond donors (Lipinski definition) is 3. The number of primary sulfonamides is 1. The van der Waals surface area contributed by atoms with Crippen LogP contribution in [0.25, 0.3) is 0 Å². The minimum absolute atomic E-state index is 0.0915. The van der Waals surface area contributed by atoms with Crippen molar-refractivity contribution in [3.8, 4) is 11.5 Å². The van der Waals surface area contributed by atoms with Crippen molar-refractivity contribution in [3.63, 3.8) is 0 Å². The van der Waals surface area contributed by atoms with Crippen LogP contribution < -0.4 is 25.2 Å². The van der Waals surface area contributed by atoms with Crippen LogP contribution in [-0.2, 0) is 27.8 Å². The van der Waals surface area contributed by atoms with Gasteiger partial charge >= 0.3 is 0 Å². The number of methoxy groups -OCH3 is 1. The highest BCUT2D eigenvalue weighted by Gasteiger charge is 2.13. The minimum Gasteiger partial charge on any atom is -0.493 e. The molecule has 8 nitrogen and oxygen atoms in total. The number of carbonyl (C=O) groups excluding carboxylic acids is 1. The zero-order valence-corrected chi connectivity index (χ0v) is 20.0. The van der Waals surface area contributed by atoms with E-state index in [-0.39, 0.29) is 17.4 Å². The first-order chi connectivity index (χ1) is 16.3. The van der Waals surface area contributed by atoms with E-state index < -0.39 is 10.0 Å². The number of anilines is 1. The fourth-order valence-electron chi connectivity index (χ4n) is 3.30. The molecule has 3 aromatic rings. The summed E-state index contributed by atoms with van der Waals surface area (Å²) in [5.74, 6) is 0.784. The van der Waals surface area contributed by atoms with Crippen molar-refractivity contribution in [2.24, 2.45) is 5.14 Å². The lowest BCUT2D eigenvalue weighted by molar-refractivity contribution is -0.118. The molecular weight excluding hydrogens is 454 g/mol. The first-order valence-electron chi connectivity index (χ1n) is 10.7. The number of ether oxygens (including phenoxy) is 2. The van der Waals surface area contributed by atoms with Gasteiger partial charge in [-0.25, -0.2) is 13.6 Å². The summed E-state index contributed by atoms with van der Waals surface area (Å²) in [5, 5.41) is 11.3. The molecule has 180 valence electrons. The van der Waals surface area contributed by atoms with Gasteiger partial charge in [0.25, 0.3) is 5.91 Å². The molecule has 0 bridgehead atoms. The third-order valence-corrected chi connectivity index (χ3v) is 6.05. The maximum Gasteiger partial charge on any atom is 0.262 e. The molecule has 34 heavy (non-hydrogen) atoms. The highest BCUT2D eigenvalue weighted by molar-refractivity contribution is 7.89. The van der Waals surface area contributed by atoms with E-state index in [0.717, 1.165) is 16.7 Å². The topological polar surface area (TPSA) is 120 Å². The number of carbonyl (C=O) groups is 1. The zero-order valence-electron chi connectivity index (χ0n) is 19.2. The second kappa shape index (κ2) is 11.6. The van der Waals surface area contributed by atoms with E-state index in [0.29, 0.717) is 36.7 Å². The Morgan fingerprint density at radius 2 is 1.71 bits per heavy atom. The number of nitrogens with one attached hydrogen (secondary N) is 2. The van der Waals surface area contributed by atoms with Gasteiger partial charge in [-0.3, -0.25) is 4.79 Å². The third kappa shape index (κ3) is 7.31. The third-order valence-electron chi connectivity index (χ3n) is 5.12. The first kappa shape index (κ1) is 25.2. The van der Waals surface area contributed by atoms with Gasteiger partial charge in [-0.2, -0.15) is 0 Å². The Balaban J connectivity index is 1.55. The van der Waals surface area contributed by atoms with Crippen molar-refractivity contribution in [2.75, 3.05) is 25.6 Å². The first-order valence-corrected chi connectivity index (χ1v) is 12.3. The van der Waals surface area contributed by atoms with Crippen molar-refractivity contribution in [1.82, 2.24) is 5.32 Å². The monoisotopic (exact) mass is 483 g/mol. The van der Waals surface area contributed by atoms with Crippen LogP contribution in [0.5, 0.6) is 11.5 Å². The molecule has 0 aliphatic carbocycles. The summed E-state index contributed by atoms with van der Waals surface area (Å²) in [6.45, 7) is 2.98. The Labute approximate surface area is 200 Å². The van der Waals surface area contributed by atoms with Gasteiger partial charge in [0.1, 0.15) is 0 Å². The normalized spacial score (nSPS) is 11.1. The summed E-state index contributed by atoms with van der Waals surface area (Å²) in [5.41, 5.74) is 3.65. The molecule has 0 radical (unpaired) electrons. The lowest BCUT2D eigenvalue weighted by atomic mass is 10.1. The average molecular weight is 484 g/mol. The average Bonchev–Trinajstić information content (AvgIpc) is 2.82. The van der Waals surface area contributed by atoms with Crippen molar-refractivity contribution in [1.29, 1.82) is 0 Å². The minimum atomic E-state index is -3.69. The molecule has 0 heterocycles. The number of benzene rings is 3. The largest absolute Gasteiger partial charge is 0.493 e. The fraction of sp³-hybridized carbons (Fsp3) is 0.240. The molecule has 0 aromatic heterocycles. The van der Waals surface area contributed by atoms with Gasteiger partial charge in [0, 0.05) is 17.8 Å². The molecule has 0 aliphatic heterocycles. The smallest absolute Gasteiger partial charge is 0.262 e. The maximum atomic E-state index is 12.3. The number of para-hydroxylation sites is 1. The van der Waals surface area contributed by atoms with E-state index in [1.807, 2.05) is 43.3 Å². The summed E-state index contributed by atoms with van der Waals surface area (Å²) in [7, 11) is -2.14. The highest BCUT2D eigenvalue weighted by Crippen LogP contribution is 2.31. The van der Waals surface area contributed by atoms with Crippen LogP contribution in [0.3, 0.4) is 0 Å². The highest BCUT2D eigenvalue weighted by atomic mass is 32.2. The van der Waals surface area contributed by atoms with Crippen molar-refractivity contribution in [3.05, 3.63) is 83.4 Å². The Morgan fingerprint density at radius 1 is 1.00 bits per heavy atom. The molecule has 3 rings (SSSR count). The van der Waals surface area contributed by atoms with Gasteiger partial charge < -0.3 is 20.1 Å². The second-order valence-corrected chi connectivity index (χ2v) is 9.33. The van der Waals surface area contributed by atoms with Crippen LogP contribution in [0, 0.1) is 6.92 Å². The molecule has 9 heteroatoms. The van der Waals surface area contributed by atoms with E-state index in [1.165, 1.54) is 12.1 Å². The van der Waals surface area contributed by atoms with Gasteiger partial charge in [0.15, 0.2) is 18.1 Å². The maximum absolute atomic E-state index is 12.3. The van der Waals surface area contributed by atoms with E-state index in [9.17, 15) is 13.2 Å². The number of hydrogen-bond acceptors (Lipinski definition) is 6. The van der Waals surface area contributed by atoms with Crippen molar-refractivity contribution in [2.45, 2.75) is 24.8 Å². The molecule has 0 fully saturated rings. The molecule has 0 aliphatic rings. The Kier molecular flexibility index (Phi) is 8.64. The predicted octanol–water partition coefficient (Wildman–Crippen LogP) is 3.00. The number of rotatable bonds is 11.